The zero-order valence-corrected chi connectivity index (χ0v) is 9.45. The minimum Gasteiger partial charge on any atom is -0.379 e. The summed E-state index contributed by atoms with van der Waals surface area (Å²) < 4.78 is 5.17. The van der Waals surface area contributed by atoms with Crippen molar-refractivity contribution >= 4 is 6.03 Å². The molecule has 1 heterocycles. The molecule has 5 heteroatoms. The van der Waals surface area contributed by atoms with E-state index in [1.165, 1.54) is 0 Å². The third-order valence-electron chi connectivity index (χ3n) is 2.37. The molecular formula is C10H21N3O2. The van der Waals surface area contributed by atoms with E-state index in [0.29, 0.717) is 6.61 Å². The smallest absolute Gasteiger partial charge is 0.315 e. The average molecular weight is 215 g/mol. The average Bonchev–Trinajstić information content (AvgIpc) is 2.53. The highest BCUT2D eigenvalue weighted by molar-refractivity contribution is 5.74. The summed E-state index contributed by atoms with van der Waals surface area (Å²) in [4.78, 5) is 11.5. The van der Waals surface area contributed by atoms with Crippen LogP contribution in [0, 0.1) is 0 Å². The van der Waals surface area contributed by atoms with Crippen LogP contribution in [0.4, 0.5) is 4.79 Å². The van der Waals surface area contributed by atoms with Crippen LogP contribution in [0.25, 0.3) is 0 Å². The molecule has 0 bridgehead atoms. The molecule has 0 aliphatic carbocycles. The van der Waals surface area contributed by atoms with Gasteiger partial charge in [-0.15, -0.1) is 0 Å². The Bertz CT molecular complexity index is 203. The van der Waals surface area contributed by atoms with Crippen LogP contribution in [0.3, 0.4) is 0 Å². The van der Waals surface area contributed by atoms with Crippen LogP contribution in [-0.2, 0) is 4.74 Å². The van der Waals surface area contributed by atoms with Crippen molar-refractivity contribution in [2.45, 2.75) is 44.8 Å². The van der Waals surface area contributed by atoms with Crippen LogP contribution in [0.5, 0.6) is 0 Å². The Morgan fingerprint density at radius 3 is 2.87 bits per heavy atom. The molecule has 1 fully saturated rings. The largest absolute Gasteiger partial charge is 0.379 e. The van der Waals surface area contributed by atoms with Crippen LogP contribution in [0.2, 0.25) is 0 Å². The number of nitrogens with two attached hydrogens (primary N) is 1. The Kier molecular flexibility index (Phi) is 4.84. The van der Waals surface area contributed by atoms with Gasteiger partial charge in [-0.2, -0.15) is 0 Å². The van der Waals surface area contributed by atoms with Gasteiger partial charge < -0.3 is 21.1 Å². The lowest BCUT2D eigenvalue weighted by Crippen LogP contribution is -2.46. The second kappa shape index (κ2) is 5.92. The minimum atomic E-state index is -0.126. The summed E-state index contributed by atoms with van der Waals surface area (Å²) in [5, 5.41) is 5.72. The predicted octanol–water partition coefficient (Wildman–Crippen LogP) is 0.200. The molecule has 0 aromatic heterocycles. The molecule has 0 spiro atoms. The van der Waals surface area contributed by atoms with Crippen molar-refractivity contribution in [2.24, 2.45) is 5.73 Å². The Labute approximate surface area is 90.7 Å². The van der Waals surface area contributed by atoms with E-state index >= 15 is 0 Å². The molecule has 0 radical (unpaired) electrons. The van der Waals surface area contributed by atoms with E-state index < -0.39 is 0 Å². The van der Waals surface area contributed by atoms with E-state index in [1.807, 2.05) is 13.8 Å². The SMILES string of the molecule is CC(N)CC(C)NC(=O)NC1CCOC1. The Hall–Kier alpha value is -0.810. The molecule has 1 saturated heterocycles. The highest BCUT2D eigenvalue weighted by atomic mass is 16.5. The zero-order valence-electron chi connectivity index (χ0n) is 9.45. The van der Waals surface area contributed by atoms with E-state index in [0.717, 1.165) is 19.4 Å². The summed E-state index contributed by atoms with van der Waals surface area (Å²) in [5.74, 6) is 0. The molecule has 0 saturated carbocycles. The van der Waals surface area contributed by atoms with Gasteiger partial charge in [0.15, 0.2) is 0 Å². The summed E-state index contributed by atoms with van der Waals surface area (Å²) in [6.07, 6.45) is 1.68. The Morgan fingerprint density at radius 2 is 2.33 bits per heavy atom. The predicted molar refractivity (Wildman–Crippen MR) is 58.6 cm³/mol. The molecule has 3 unspecified atom stereocenters. The molecule has 15 heavy (non-hydrogen) atoms. The van der Waals surface area contributed by atoms with Gasteiger partial charge in [0.2, 0.25) is 0 Å². The molecule has 0 aromatic carbocycles. The second-order valence-corrected chi connectivity index (χ2v) is 4.29. The van der Waals surface area contributed by atoms with Crippen molar-refractivity contribution in [3.05, 3.63) is 0 Å². The summed E-state index contributed by atoms with van der Waals surface area (Å²) in [5.41, 5.74) is 5.64. The fourth-order valence-corrected chi connectivity index (χ4v) is 1.72. The second-order valence-electron chi connectivity index (χ2n) is 4.29. The van der Waals surface area contributed by atoms with E-state index in [4.69, 9.17) is 10.5 Å². The lowest BCUT2D eigenvalue weighted by atomic mass is 10.1. The van der Waals surface area contributed by atoms with Crippen molar-refractivity contribution in [1.82, 2.24) is 10.6 Å². The first-order valence-electron chi connectivity index (χ1n) is 5.48. The lowest BCUT2D eigenvalue weighted by Gasteiger charge is -2.18. The van der Waals surface area contributed by atoms with E-state index in [9.17, 15) is 4.79 Å². The number of nitrogens with one attached hydrogen (secondary N) is 2. The first kappa shape index (κ1) is 12.3. The first-order valence-corrected chi connectivity index (χ1v) is 5.48. The maximum absolute atomic E-state index is 11.5. The third-order valence-corrected chi connectivity index (χ3v) is 2.37. The van der Waals surface area contributed by atoms with Gasteiger partial charge in [-0.25, -0.2) is 4.79 Å². The monoisotopic (exact) mass is 215 g/mol. The number of ether oxygens (including phenoxy) is 1. The van der Waals surface area contributed by atoms with Crippen molar-refractivity contribution in [2.75, 3.05) is 13.2 Å². The number of urea groups is 1. The van der Waals surface area contributed by atoms with Crippen molar-refractivity contribution in [1.29, 1.82) is 0 Å². The van der Waals surface area contributed by atoms with Gasteiger partial charge in [-0.05, 0) is 26.7 Å². The zero-order chi connectivity index (χ0) is 11.3. The summed E-state index contributed by atoms with van der Waals surface area (Å²) in [6, 6.07) is 0.244. The van der Waals surface area contributed by atoms with Crippen LogP contribution in [0.15, 0.2) is 0 Å². The summed E-state index contributed by atoms with van der Waals surface area (Å²) in [6.45, 7) is 5.24. The topological polar surface area (TPSA) is 76.4 Å². The molecular weight excluding hydrogens is 194 g/mol. The van der Waals surface area contributed by atoms with Crippen LogP contribution < -0.4 is 16.4 Å². The number of carbonyl (C=O) groups is 1. The fourth-order valence-electron chi connectivity index (χ4n) is 1.72. The standard InChI is InChI=1S/C10H21N3O2/c1-7(11)5-8(2)12-10(14)13-9-3-4-15-6-9/h7-9H,3-6,11H2,1-2H3,(H2,12,13,14). The maximum atomic E-state index is 11.5. The molecule has 3 atom stereocenters. The number of carbonyl (C=O) groups excluding carboxylic acids is 1. The maximum Gasteiger partial charge on any atom is 0.315 e. The van der Waals surface area contributed by atoms with Crippen LogP contribution >= 0.6 is 0 Å². The highest BCUT2D eigenvalue weighted by Gasteiger charge is 2.18. The van der Waals surface area contributed by atoms with Gasteiger partial charge in [0.05, 0.1) is 12.6 Å². The molecule has 2 amide bonds. The Morgan fingerprint density at radius 1 is 1.60 bits per heavy atom. The third kappa shape index (κ3) is 4.99. The van der Waals surface area contributed by atoms with E-state index in [2.05, 4.69) is 10.6 Å². The van der Waals surface area contributed by atoms with Crippen molar-refractivity contribution in [3.8, 4) is 0 Å². The molecule has 1 aliphatic heterocycles. The molecule has 88 valence electrons. The quantitative estimate of drug-likeness (QED) is 0.627. The normalized spacial score (nSPS) is 24.6. The summed E-state index contributed by atoms with van der Waals surface area (Å²) >= 11 is 0. The van der Waals surface area contributed by atoms with Crippen LogP contribution in [0.1, 0.15) is 26.7 Å². The molecule has 1 aliphatic rings. The number of amides is 2. The number of hydrogen-bond acceptors (Lipinski definition) is 3. The van der Waals surface area contributed by atoms with Gasteiger partial charge in [0.1, 0.15) is 0 Å². The molecule has 0 aromatic rings. The van der Waals surface area contributed by atoms with Gasteiger partial charge in [-0.1, -0.05) is 0 Å². The lowest BCUT2D eigenvalue weighted by molar-refractivity contribution is 0.188. The molecule has 4 N–H and O–H groups in total. The summed E-state index contributed by atoms with van der Waals surface area (Å²) in [7, 11) is 0. The van der Waals surface area contributed by atoms with Gasteiger partial charge >= 0.3 is 6.03 Å². The van der Waals surface area contributed by atoms with E-state index in [1.54, 1.807) is 0 Å². The van der Waals surface area contributed by atoms with E-state index in [-0.39, 0.29) is 24.2 Å². The Balaban J connectivity index is 2.16. The molecule has 1 rings (SSSR count). The fraction of sp³-hybridized carbons (Fsp3) is 0.900. The van der Waals surface area contributed by atoms with Gasteiger partial charge in [-0.3, -0.25) is 0 Å². The number of rotatable bonds is 4. The minimum absolute atomic E-state index is 0.104. The highest BCUT2D eigenvalue weighted by Crippen LogP contribution is 2.03. The van der Waals surface area contributed by atoms with Crippen LogP contribution in [-0.4, -0.2) is 37.4 Å². The number of hydrogen-bond donors (Lipinski definition) is 3. The van der Waals surface area contributed by atoms with Crippen molar-refractivity contribution in [3.63, 3.8) is 0 Å². The van der Waals surface area contributed by atoms with Gasteiger partial charge in [0.25, 0.3) is 0 Å². The first-order chi connectivity index (χ1) is 7.08. The van der Waals surface area contributed by atoms with Crippen molar-refractivity contribution < 1.29 is 9.53 Å². The van der Waals surface area contributed by atoms with Gasteiger partial charge in [0, 0.05) is 18.7 Å². The molecule has 5 nitrogen and oxygen atoms in total.